The van der Waals surface area contributed by atoms with Crippen LogP contribution in [-0.4, -0.2) is 4.57 Å². The first kappa shape index (κ1) is 28.4. The van der Waals surface area contributed by atoms with E-state index in [-0.39, 0.29) is 5.41 Å². The second-order valence-corrected chi connectivity index (χ2v) is 13.5. The lowest BCUT2D eigenvalue weighted by Gasteiger charge is -2.27. The molecule has 2 heteroatoms. The van der Waals surface area contributed by atoms with Crippen molar-refractivity contribution in [3.63, 3.8) is 0 Å². The molecule has 230 valence electrons. The van der Waals surface area contributed by atoms with Gasteiger partial charge in [-0.15, -0.1) is 0 Å². The molecule has 0 saturated carbocycles. The van der Waals surface area contributed by atoms with E-state index in [1.807, 2.05) is 0 Å². The lowest BCUT2D eigenvalue weighted by molar-refractivity contribution is 0.660. The molecule has 7 aromatic carbocycles. The molecule has 0 amide bonds. The predicted molar refractivity (Wildman–Crippen MR) is 203 cm³/mol. The Hall–Kier alpha value is -5.86. The molecule has 0 N–H and O–H groups in total. The van der Waals surface area contributed by atoms with Crippen molar-refractivity contribution in [3.05, 3.63) is 180 Å². The lowest BCUT2D eigenvalue weighted by atomic mass is 9.82. The van der Waals surface area contributed by atoms with Crippen molar-refractivity contribution in [2.24, 2.45) is 0 Å². The maximum Gasteiger partial charge on any atom is 0.0562 e. The number of hydrogen-bond donors (Lipinski definition) is 0. The zero-order valence-electron chi connectivity index (χ0n) is 27.5. The van der Waals surface area contributed by atoms with E-state index in [2.05, 4.69) is 194 Å². The maximum atomic E-state index is 2.46. The van der Waals surface area contributed by atoms with Crippen molar-refractivity contribution in [2.75, 3.05) is 4.90 Å². The van der Waals surface area contributed by atoms with Crippen molar-refractivity contribution in [1.82, 2.24) is 4.57 Å². The molecule has 0 spiro atoms. The van der Waals surface area contributed by atoms with Crippen LogP contribution in [0.2, 0.25) is 0 Å². The highest BCUT2D eigenvalue weighted by Crippen LogP contribution is 2.50. The van der Waals surface area contributed by atoms with Gasteiger partial charge in [0, 0.05) is 33.2 Å². The molecule has 0 atom stereocenters. The van der Waals surface area contributed by atoms with Crippen molar-refractivity contribution in [3.8, 4) is 27.9 Å². The van der Waals surface area contributed by atoms with E-state index in [0.717, 1.165) is 17.1 Å². The Morgan fingerprint density at radius 2 is 1.12 bits per heavy atom. The molecule has 0 radical (unpaired) electrons. The van der Waals surface area contributed by atoms with Crippen LogP contribution in [0.3, 0.4) is 0 Å². The highest BCUT2D eigenvalue weighted by Gasteiger charge is 2.35. The van der Waals surface area contributed by atoms with E-state index in [1.165, 1.54) is 66.4 Å². The average Bonchev–Trinajstić information content (AvgIpc) is 3.59. The van der Waals surface area contributed by atoms with Gasteiger partial charge in [0.2, 0.25) is 0 Å². The summed E-state index contributed by atoms with van der Waals surface area (Å²) in [5.41, 5.74) is 16.1. The Labute approximate surface area is 282 Å². The van der Waals surface area contributed by atoms with Gasteiger partial charge in [0.1, 0.15) is 0 Å². The molecule has 9 rings (SSSR count). The van der Waals surface area contributed by atoms with Crippen LogP contribution in [-0.2, 0) is 5.41 Å². The highest BCUT2D eigenvalue weighted by molar-refractivity contribution is 6.16. The molecule has 0 bridgehead atoms. The van der Waals surface area contributed by atoms with Crippen LogP contribution < -0.4 is 4.90 Å². The third-order valence-electron chi connectivity index (χ3n) is 10.3. The van der Waals surface area contributed by atoms with Crippen LogP contribution in [0, 0.1) is 6.92 Å². The molecular weight excluding hydrogens is 581 g/mol. The largest absolute Gasteiger partial charge is 0.310 e. The molecule has 1 aliphatic rings. The Morgan fingerprint density at radius 1 is 0.500 bits per heavy atom. The van der Waals surface area contributed by atoms with Gasteiger partial charge in [-0.3, -0.25) is 0 Å². The van der Waals surface area contributed by atoms with Crippen LogP contribution in [0.25, 0.3) is 49.7 Å². The van der Waals surface area contributed by atoms with Crippen molar-refractivity contribution in [1.29, 1.82) is 0 Å². The molecule has 1 heterocycles. The van der Waals surface area contributed by atoms with E-state index >= 15 is 0 Å². The zero-order chi connectivity index (χ0) is 32.4. The van der Waals surface area contributed by atoms with Gasteiger partial charge in [-0.05, 0) is 94.9 Å². The van der Waals surface area contributed by atoms with Gasteiger partial charge in [-0.25, -0.2) is 0 Å². The van der Waals surface area contributed by atoms with E-state index in [1.54, 1.807) is 0 Å². The summed E-state index contributed by atoms with van der Waals surface area (Å²) >= 11 is 0. The zero-order valence-corrected chi connectivity index (χ0v) is 27.5. The summed E-state index contributed by atoms with van der Waals surface area (Å²) in [6, 6.07) is 60.0. The number of aromatic nitrogens is 1. The Morgan fingerprint density at radius 3 is 1.92 bits per heavy atom. The number of anilines is 3. The van der Waals surface area contributed by atoms with E-state index in [0.29, 0.717) is 0 Å². The maximum absolute atomic E-state index is 2.46. The molecule has 0 aliphatic heterocycles. The molecule has 48 heavy (non-hydrogen) atoms. The van der Waals surface area contributed by atoms with Gasteiger partial charge in [0.25, 0.3) is 0 Å². The van der Waals surface area contributed by atoms with Gasteiger partial charge in [-0.2, -0.15) is 0 Å². The second-order valence-electron chi connectivity index (χ2n) is 13.5. The molecule has 8 aromatic rings. The minimum absolute atomic E-state index is 0.0694. The molecule has 1 aliphatic carbocycles. The molecule has 1 aromatic heterocycles. The van der Waals surface area contributed by atoms with Gasteiger partial charge in [0.05, 0.1) is 16.7 Å². The number of hydrogen-bond acceptors (Lipinski definition) is 1. The first-order chi connectivity index (χ1) is 23.5. The number of fused-ring (bicyclic) bond motifs is 6. The second kappa shape index (κ2) is 10.9. The monoisotopic (exact) mass is 616 g/mol. The van der Waals surface area contributed by atoms with Crippen LogP contribution in [0.4, 0.5) is 17.1 Å². The van der Waals surface area contributed by atoms with Crippen molar-refractivity contribution < 1.29 is 0 Å². The van der Waals surface area contributed by atoms with E-state index < -0.39 is 0 Å². The Bertz CT molecular complexity index is 2460. The highest BCUT2D eigenvalue weighted by atomic mass is 15.1. The molecule has 2 nitrogen and oxygen atoms in total. The summed E-state index contributed by atoms with van der Waals surface area (Å²) in [5.74, 6) is 0. The lowest BCUT2D eigenvalue weighted by Crippen LogP contribution is -2.15. The van der Waals surface area contributed by atoms with Crippen LogP contribution in [0.5, 0.6) is 0 Å². The van der Waals surface area contributed by atoms with Crippen LogP contribution >= 0.6 is 0 Å². The van der Waals surface area contributed by atoms with Gasteiger partial charge < -0.3 is 9.47 Å². The summed E-state index contributed by atoms with van der Waals surface area (Å²) in [4.78, 5) is 2.41. The normalized spacial score (nSPS) is 13.1. The van der Waals surface area contributed by atoms with E-state index in [4.69, 9.17) is 0 Å². The standard InChI is InChI=1S/C46H36N2/c1-31-20-24-34(25-21-31)47(35-26-22-33(23-27-35)32-12-5-4-6-13-32)43-18-11-19-44-45(43)39-15-8-10-17-42(39)48(44)36-28-29-38-37-14-7-9-16-40(37)46(2,3)41(38)30-36/h4-30H,1-3H3. The first-order valence-corrected chi connectivity index (χ1v) is 16.8. The first-order valence-electron chi connectivity index (χ1n) is 16.8. The fourth-order valence-electron chi connectivity index (χ4n) is 7.85. The molecule has 0 saturated heterocycles. The molecule has 0 fully saturated rings. The number of para-hydroxylation sites is 1. The van der Waals surface area contributed by atoms with Gasteiger partial charge in [-0.1, -0.05) is 129 Å². The number of benzene rings is 7. The predicted octanol–water partition coefficient (Wildman–Crippen LogP) is 12.5. The minimum Gasteiger partial charge on any atom is -0.310 e. The summed E-state index contributed by atoms with van der Waals surface area (Å²) < 4.78 is 2.46. The van der Waals surface area contributed by atoms with E-state index in [9.17, 15) is 0 Å². The minimum atomic E-state index is -0.0694. The Balaban J connectivity index is 1.26. The van der Waals surface area contributed by atoms with Crippen molar-refractivity contribution in [2.45, 2.75) is 26.2 Å². The summed E-state index contributed by atoms with van der Waals surface area (Å²) in [7, 11) is 0. The Kier molecular flexibility index (Phi) is 6.42. The summed E-state index contributed by atoms with van der Waals surface area (Å²) in [6.45, 7) is 6.86. The molecular formula is C46H36N2. The number of rotatable bonds is 5. The number of nitrogens with zero attached hydrogens (tertiary/aromatic N) is 2. The third-order valence-corrected chi connectivity index (χ3v) is 10.3. The van der Waals surface area contributed by atoms with Crippen LogP contribution in [0.1, 0.15) is 30.5 Å². The topological polar surface area (TPSA) is 8.17 Å². The summed E-state index contributed by atoms with van der Waals surface area (Å²) in [6.07, 6.45) is 0. The van der Waals surface area contributed by atoms with Crippen molar-refractivity contribution >= 4 is 38.9 Å². The quantitative estimate of drug-likeness (QED) is 0.187. The van der Waals surface area contributed by atoms with Gasteiger partial charge in [0.15, 0.2) is 0 Å². The van der Waals surface area contributed by atoms with Crippen LogP contribution in [0.15, 0.2) is 164 Å². The smallest absolute Gasteiger partial charge is 0.0562 e. The van der Waals surface area contributed by atoms with Gasteiger partial charge >= 0.3 is 0 Å². The summed E-state index contributed by atoms with van der Waals surface area (Å²) in [5, 5.41) is 2.48. The fraction of sp³-hybridized carbons (Fsp3) is 0.0870. The molecule has 0 unspecified atom stereocenters. The third kappa shape index (κ3) is 4.33. The SMILES string of the molecule is Cc1ccc(N(c2ccc(-c3ccccc3)cc2)c2cccc3c2c2ccccc2n3-c2ccc3c(c2)C(C)(C)c2ccccc2-3)cc1. The average molecular weight is 617 g/mol. The fourth-order valence-corrected chi connectivity index (χ4v) is 7.85. The number of aryl methyl sites for hydroxylation is 1.